The van der Waals surface area contributed by atoms with Gasteiger partial charge in [-0.15, -0.1) is 0 Å². The number of hydrogen-bond acceptors (Lipinski definition) is 3. The summed E-state index contributed by atoms with van der Waals surface area (Å²) in [5, 5.41) is 10.1. The molecule has 0 aliphatic rings. The van der Waals surface area contributed by atoms with Crippen LogP contribution in [0, 0.1) is 6.92 Å². The highest BCUT2D eigenvalue weighted by Gasteiger charge is 2.15. The maximum Gasteiger partial charge on any atom is 0.117 e. The van der Waals surface area contributed by atoms with Crippen molar-refractivity contribution in [1.82, 2.24) is 0 Å². The predicted octanol–water partition coefficient (Wildman–Crippen LogP) is 10.6. The van der Waals surface area contributed by atoms with Crippen molar-refractivity contribution in [3.63, 3.8) is 0 Å². The minimum Gasteiger partial charge on any atom is -0.508 e. The number of anilines is 5. The van der Waals surface area contributed by atoms with Crippen LogP contribution < -0.4 is 9.80 Å². The SMILES string of the molecule is C=C/C(=C\C=C/C)N(c1ccc(-c2ccc(N(c3ccccc3)c3cccc(O)c3)cc2)cc1)c1cccc(C)c1. The molecule has 5 aromatic carbocycles. The minimum absolute atomic E-state index is 0.236. The Morgan fingerprint density at radius 2 is 1.22 bits per heavy atom. The lowest BCUT2D eigenvalue weighted by molar-refractivity contribution is 0.475. The number of nitrogens with zero attached hydrogens (tertiary/aromatic N) is 2. The highest BCUT2D eigenvalue weighted by molar-refractivity contribution is 5.79. The first-order valence-corrected chi connectivity index (χ1v) is 13.7. The molecule has 0 unspecified atom stereocenters. The molecule has 3 nitrogen and oxygen atoms in total. The highest BCUT2D eigenvalue weighted by atomic mass is 16.3. The van der Waals surface area contributed by atoms with E-state index in [0.29, 0.717) is 0 Å². The Labute approximate surface area is 243 Å². The van der Waals surface area contributed by atoms with E-state index in [2.05, 4.69) is 114 Å². The van der Waals surface area contributed by atoms with Gasteiger partial charge in [-0.3, -0.25) is 0 Å². The van der Waals surface area contributed by atoms with Crippen LogP contribution in [0.4, 0.5) is 28.4 Å². The topological polar surface area (TPSA) is 26.7 Å². The summed E-state index contributed by atoms with van der Waals surface area (Å²) in [7, 11) is 0. The third-order valence-corrected chi connectivity index (χ3v) is 6.87. The van der Waals surface area contributed by atoms with E-state index in [-0.39, 0.29) is 5.75 Å². The van der Waals surface area contributed by atoms with Crippen molar-refractivity contribution in [2.45, 2.75) is 13.8 Å². The first-order chi connectivity index (χ1) is 20.1. The third-order valence-electron chi connectivity index (χ3n) is 6.87. The van der Waals surface area contributed by atoms with Gasteiger partial charge >= 0.3 is 0 Å². The van der Waals surface area contributed by atoms with Crippen molar-refractivity contribution < 1.29 is 5.11 Å². The molecule has 0 heterocycles. The number of rotatable bonds is 9. The lowest BCUT2D eigenvalue weighted by Gasteiger charge is -2.27. The number of phenolic OH excluding ortho intramolecular Hbond substituents is 1. The number of para-hydroxylation sites is 1. The van der Waals surface area contributed by atoms with Crippen LogP contribution in [0.2, 0.25) is 0 Å². The summed E-state index contributed by atoms with van der Waals surface area (Å²) in [6, 6.07) is 43.2. The summed E-state index contributed by atoms with van der Waals surface area (Å²) >= 11 is 0. The minimum atomic E-state index is 0.236. The van der Waals surface area contributed by atoms with Crippen molar-refractivity contribution in [2.24, 2.45) is 0 Å². The van der Waals surface area contributed by atoms with Crippen LogP contribution in [0.25, 0.3) is 11.1 Å². The van der Waals surface area contributed by atoms with Crippen LogP contribution >= 0.6 is 0 Å². The molecule has 41 heavy (non-hydrogen) atoms. The summed E-state index contributed by atoms with van der Waals surface area (Å²) < 4.78 is 0. The van der Waals surface area contributed by atoms with Crippen LogP contribution in [-0.4, -0.2) is 5.11 Å². The molecule has 5 rings (SSSR count). The number of aryl methyl sites for hydroxylation is 1. The Morgan fingerprint density at radius 1 is 0.634 bits per heavy atom. The number of benzene rings is 5. The van der Waals surface area contributed by atoms with Crippen LogP contribution in [0.1, 0.15) is 12.5 Å². The molecular weight excluding hydrogens is 500 g/mol. The van der Waals surface area contributed by atoms with Crippen LogP contribution in [-0.2, 0) is 0 Å². The molecule has 0 aromatic heterocycles. The Kier molecular flexibility index (Phi) is 8.46. The summed E-state index contributed by atoms with van der Waals surface area (Å²) in [6.45, 7) is 8.20. The fraction of sp³-hybridized carbons (Fsp3) is 0.0526. The fourth-order valence-corrected chi connectivity index (χ4v) is 4.91. The van der Waals surface area contributed by atoms with E-state index in [1.165, 1.54) is 5.56 Å². The number of allylic oxidation sites excluding steroid dienone is 4. The lowest BCUT2D eigenvalue weighted by Crippen LogP contribution is -2.15. The highest BCUT2D eigenvalue weighted by Crippen LogP contribution is 2.37. The molecule has 0 aliphatic heterocycles. The van der Waals surface area contributed by atoms with Gasteiger partial charge in [0.2, 0.25) is 0 Å². The number of phenols is 1. The van der Waals surface area contributed by atoms with E-state index in [4.69, 9.17) is 0 Å². The van der Waals surface area contributed by atoms with E-state index in [1.54, 1.807) is 12.1 Å². The van der Waals surface area contributed by atoms with Gasteiger partial charge in [-0.25, -0.2) is 0 Å². The summed E-state index contributed by atoms with van der Waals surface area (Å²) in [5.74, 6) is 0.236. The van der Waals surface area contributed by atoms with Crippen molar-refractivity contribution in [2.75, 3.05) is 9.80 Å². The maximum absolute atomic E-state index is 10.1. The Hall–Kier alpha value is -5.28. The number of aromatic hydroxyl groups is 1. The summed E-state index contributed by atoms with van der Waals surface area (Å²) in [6.07, 6.45) is 8.02. The van der Waals surface area contributed by atoms with Crippen molar-refractivity contribution in [1.29, 1.82) is 0 Å². The molecule has 0 atom stereocenters. The monoisotopic (exact) mass is 534 g/mol. The molecule has 0 aliphatic carbocycles. The molecule has 1 N–H and O–H groups in total. The molecule has 5 aromatic rings. The average molecular weight is 535 g/mol. The van der Waals surface area contributed by atoms with E-state index < -0.39 is 0 Å². The Balaban J connectivity index is 1.48. The molecule has 0 bridgehead atoms. The van der Waals surface area contributed by atoms with Gasteiger partial charge in [-0.1, -0.05) is 79.4 Å². The molecule has 0 saturated carbocycles. The standard InChI is InChI=1S/C38H34N2O/c1-4-6-13-32(5-2)39(36-16-10-12-29(3)27-36)34-23-19-30(20-24-34)31-21-25-35(26-22-31)40(33-14-8-7-9-15-33)37-17-11-18-38(41)28-37/h4-28,41H,2H2,1,3H3/b6-4-,32-13+. The zero-order valence-electron chi connectivity index (χ0n) is 23.5. The van der Waals surface area contributed by atoms with Gasteiger partial charge in [-0.2, -0.15) is 0 Å². The first-order valence-electron chi connectivity index (χ1n) is 13.7. The number of hydrogen-bond donors (Lipinski definition) is 1. The molecular formula is C38H34N2O. The smallest absolute Gasteiger partial charge is 0.117 e. The fourth-order valence-electron chi connectivity index (χ4n) is 4.91. The van der Waals surface area contributed by atoms with Crippen molar-refractivity contribution in [3.05, 3.63) is 170 Å². The Morgan fingerprint density at radius 3 is 1.83 bits per heavy atom. The zero-order valence-corrected chi connectivity index (χ0v) is 23.5. The second-order valence-corrected chi connectivity index (χ2v) is 9.78. The average Bonchev–Trinajstić information content (AvgIpc) is 3.00. The van der Waals surface area contributed by atoms with Crippen LogP contribution in [0.3, 0.4) is 0 Å². The van der Waals surface area contributed by atoms with Crippen LogP contribution in [0.15, 0.2) is 164 Å². The van der Waals surface area contributed by atoms with Gasteiger partial charge in [0.1, 0.15) is 5.75 Å². The van der Waals surface area contributed by atoms with Gasteiger partial charge in [0.05, 0.1) is 0 Å². The van der Waals surface area contributed by atoms with Crippen molar-refractivity contribution >= 4 is 28.4 Å². The predicted molar refractivity (Wildman–Crippen MR) is 175 cm³/mol. The summed E-state index contributed by atoms with van der Waals surface area (Å²) in [4.78, 5) is 4.36. The maximum atomic E-state index is 10.1. The van der Waals surface area contributed by atoms with Gasteiger partial charge in [0, 0.05) is 40.2 Å². The third kappa shape index (κ3) is 6.32. The second-order valence-electron chi connectivity index (χ2n) is 9.78. The zero-order chi connectivity index (χ0) is 28.6. The largest absolute Gasteiger partial charge is 0.508 e. The first kappa shape index (κ1) is 27.3. The van der Waals surface area contributed by atoms with Gasteiger partial charge < -0.3 is 14.9 Å². The lowest BCUT2D eigenvalue weighted by atomic mass is 10.0. The molecule has 0 spiro atoms. The molecule has 3 heteroatoms. The van der Waals surface area contributed by atoms with Crippen molar-refractivity contribution in [3.8, 4) is 16.9 Å². The van der Waals surface area contributed by atoms with Gasteiger partial charge in [-0.05, 0) is 103 Å². The molecule has 0 fully saturated rings. The molecule has 0 radical (unpaired) electrons. The van der Waals surface area contributed by atoms with Crippen LogP contribution in [0.5, 0.6) is 5.75 Å². The van der Waals surface area contributed by atoms with E-state index in [0.717, 1.165) is 45.3 Å². The Bertz CT molecular complexity index is 1670. The van der Waals surface area contributed by atoms with Gasteiger partial charge in [0.15, 0.2) is 0 Å². The van der Waals surface area contributed by atoms with E-state index in [1.807, 2.05) is 55.5 Å². The second kappa shape index (κ2) is 12.7. The van der Waals surface area contributed by atoms with E-state index >= 15 is 0 Å². The molecule has 0 amide bonds. The molecule has 0 saturated heterocycles. The summed E-state index contributed by atoms with van der Waals surface area (Å²) in [5.41, 5.74) is 9.54. The van der Waals surface area contributed by atoms with Gasteiger partial charge in [0.25, 0.3) is 0 Å². The quantitative estimate of drug-likeness (QED) is 0.191. The molecule has 202 valence electrons. The van der Waals surface area contributed by atoms with E-state index in [9.17, 15) is 5.11 Å². The normalized spacial score (nSPS) is 11.4.